The Kier molecular flexibility index (Phi) is 4.47. The van der Waals surface area contributed by atoms with E-state index in [0.29, 0.717) is 17.9 Å². The fraction of sp³-hybridized carbons (Fsp3) is 0.409. The predicted molar refractivity (Wildman–Crippen MR) is 113 cm³/mol. The first kappa shape index (κ1) is 17.2. The van der Waals surface area contributed by atoms with Crippen molar-refractivity contribution in [2.75, 3.05) is 5.32 Å². The number of aromatic amines is 1. The van der Waals surface area contributed by atoms with Gasteiger partial charge in [-0.15, -0.1) is 0 Å². The highest BCUT2D eigenvalue weighted by molar-refractivity contribution is 6.05. The second-order valence-corrected chi connectivity index (χ2v) is 7.93. The molecule has 2 aromatic rings. The maximum absolute atomic E-state index is 5.06. The number of nitrogens with zero attached hydrogens (tertiary/aromatic N) is 4. The highest BCUT2D eigenvalue weighted by Gasteiger charge is 2.39. The third-order valence-corrected chi connectivity index (χ3v) is 6.11. The minimum absolute atomic E-state index is 0.110. The average molecular weight is 374 g/mol. The van der Waals surface area contributed by atoms with Crippen molar-refractivity contribution < 1.29 is 0 Å². The molecule has 28 heavy (non-hydrogen) atoms. The summed E-state index contributed by atoms with van der Waals surface area (Å²) in [6.45, 7) is 2.14. The SMILES string of the molecule is CC1=NC(Nc2ccccc2)=NC2C1CC(c1ccn[nH]1)=CN2C1CCCC1. The van der Waals surface area contributed by atoms with Gasteiger partial charge in [0.15, 0.2) is 0 Å². The lowest BCUT2D eigenvalue weighted by molar-refractivity contribution is 0.170. The van der Waals surface area contributed by atoms with Crippen LogP contribution in [0.2, 0.25) is 0 Å². The molecule has 1 aliphatic carbocycles. The maximum atomic E-state index is 5.06. The summed E-state index contributed by atoms with van der Waals surface area (Å²) in [5.74, 6) is 1.01. The van der Waals surface area contributed by atoms with Crippen LogP contribution in [0.1, 0.15) is 44.7 Å². The Morgan fingerprint density at radius 2 is 1.93 bits per heavy atom. The van der Waals surface area contributed by atoms with E-state index < -0.39 is 0 Å². The number of nitrogens with one attached hydrogen (secondary N) is 2. The summed E-state index contributed by atoms with van der Waals surface area (Å²) < 4.78 is 0. The van der Waals surface area contributed by atoms with Crippen LogP contribution in [0.3, 0.4) is 0 Å². The second kappa shape index (κ2) is 7.26. The number of guanidine groups is 1. The van der Waals surface area contributed by atoms with Crippen LogP contribution in [-0.2, 0) is 0 Å². The van der Waals surface area contributed by atoms with Crippen molar-refractivity contribution in [2.45, 2.75) is 51.2 Å². The zero-order valence-corrected chi connectivity index (χ0v) is 16.2. The van der Waals surface area contributed by atoms with E-state index in [2.05, 4.69) is 39.6 Å². The smallest absolute Gasteiger partial charge is 0.224 e. The number of allylic oxidation sites excluding steroid dienone is 1. The number of benzene rings is 1. The second-order valence-electron chi connectivity index (χ2n) is 7.93. The molecule has 6 heteroatoms. The fourth-order valence-corrected chi connectivity index (χ4v) is 4.63. The Morgan fingerprint density at radius 3 is 2.68 bits per heavy atom. The summed E-state index contributed by atoms with van der Waals surface area (Å²) in [7, 11) is 0. The molecule has 2 unspecified atom stereocenters. The van der Waals surface area contributed by atoms with E-state index in [1.54, 1.807) is 0 Å². The normalized spacial score (nSPS) is 25.0. The minimum Gasteiger partial charge on any atom is -0.352 e. The molecule has 0 spiro atoms. The summed E-state index contributed by atoms with van der Waals surface area (Å²) in [4.78, 5) is 12.4. The number of para-hydroxylation sites is 1. The summed E-state index contributed by atoms with van der Waals surface area (Å²) in [5, 5.41) is 10.7. The van der Waals surface area contributed by atoms with Crippen LogP contribution in [0.15, 0.2) is 58.8 Å². The first-order valence-electron chi connectivity index (χ1n) is 10.2. The summed E-state index contributed by atoms with van der Waals surface area (Å²) in [5.41, 5.74) is 4.57. The lowest BCUT2D eigenvalue weighted by Gasteiger charge is -2.43. The number of hydrogen-bond donors (Lipinski definition) is 2. The van der Waals surface area contributed by atoms with Crippen LogP contribution in [-0.4, -0.2) is 39.0 Å². The molecule has 0 saturated heterocycles. The van der Waals surface area contributed by atoms with Gasteiger partial charge >= 0.3 is 0 Å². The molecule has 1 saturated carbocycles. The number of aromatic nitrogens is 2. The molecule has 6 nitrogen and oxygen atoms in total. The molecule has 0 amide bonds. The van der Waals surface area contributed by atoms with Gasteiger partial charge in [-0.05, 0) is 50.0 Å². The van der Waals surface area contributed by atoms with Gasteiger partial charge in [-0.2, -0.15) is 5.10 Å². The highest BCUT2D eigenvalue weighted by atomic mass is 15.3. The predicted octanol–water partition coefficient (Wildman–Crippen LogP) is 4.28. The zero-order chi connectivity index (χ0) is 18.9. The van der Waals surface area contributed by atoms with Gasteiger partial charge in [0.25, 0.3) is 0 Å². The van der Waals surface area contributed by atoms with Crippen LogP contribution in [0.5, 0.6) is 0 Å². The van der Waals surface area contributed by atoms with E-state index in [0.717, 1.165) is 23.5 Å². The van der Waals surface area contributed by atoms with E-state index >= 15 is 0 Å². The molecule has 1 fully saturated rings. The van der Waals surface area contributed by atoms with Gasteiger partial charge < -0.3 is 10.2 Å². The van der Waals surface area contributed by atoms with Crippen molar-refractivity contribution in [1.82, 2.24) is 15.1 Å². The van der Waals surface area contributed by atoms with Crippen LogP contribution in [0, 0.1) is 5.92 Å². The molecule has 3 aliphatic rings. The van der Waals surface area contributed by atoms with Crippen molar-refractivity contribution in [1.29, 1.82) is 0 Å². The molecular formula is C22H26N6. The van der Waals surface area contributed by atoms with Crippen molar-refractivity contribution in [2.24, 2.45) is 15.9 Å². The largest absolute Gasteiger partial charge is 0.352 e. The third kappa shape index (κ3) is 3.23. The van der Waals surface area contributed by atoms with E-state index in [1.807, 2.05) is 36.5 Å². The Hall–Kier alpha value is -2.89. The topological polar surface area (TPSA) is 68.7 Å². The highest BCUT2D eigenvalue weighted by Crippen LogP contribution is 2.39. The van der Waals surface area contributed by atoms with Gasteiger partial charge in [-0.3, -0.25) is 5.10 Å². The number of hydrogen-bond acceptors (Lipinski definition) is 5. The van der Waals surface area contributed by atoms with Gasteiger partial charge in [0.2, 0.25) is 5.96 Å². The van der Waals surface area contributed by atoms with E-state index in [1.165, 1.54) is 31.3 Å². The molecular weight excluding hydrogens is 348 g/mol. The molecule has 2 atom stereocenters. The molecule has 1 aromatic heterocycles. The Balaban J connectivity index is 1.49. The van der Waals surface area contributed by atoms with Gasteiger partial charge in [0.05, 0.1) is 5.69 Å². The molecule has 1 aromatic carbocycles. The maximum Gasteiger partial charge on any atom is 0.224 e. The van der Waals surface area contributed by atoms with Crippen molar-refractivity contribution in [3.8, 4) is 0 Å². The van der Waals surface area contributed by atoms with E-state index in [9.17, 15) is 0 Å². The van der Waals surface area contributed by atoms with Crippen LogP contribution in [0.25, 0.3) is 5.57 Å². The van der Waals surface area contributed by atoms with Gasteiger partial charge in [-0.25, -0.2) is 9.98 Å². The molecule has 2 aliphatic heterocycles. The van der Waals surface area contributed by atoms with E-state index in [4.69, 9.17) is 9.98 Å². The lowest BCUT2D eigenvalue weighted by atomic mass is 9.86. The Labute approximate surface area is 165 Å². The quantitative estimate of drug-likeness (QED) is 0.842. The first-order valence-corrected chi connectivity index (χ1v) is 10.2. The standard InChI is InChI=1S/C22H26N6/c1-15-19-13-16(20-11-12-23-27-20)14-28(18-9-5-6-10-18)21(19)26-22(24-15)25-17-7-3-2-4-8-17/h2-4,7-8,11-12,14,18-19,21H,5-6,9-10,13H2,1H3,(H,23,27)(H,25,26). The number of H-pyrrole nitrogens is 1. The van der Waals surface area contributed by atoms with Gasteiger partial charge in [0.1, 0.15) is 6.17 Å². The summed E-state index contributed by atoms with van der Waals surface area (Å²) >= 11 is 0. The fourth-order valence-electron chi connectivity index (χ4n) is 4.63. The number of rotatable bonds is 3. The Bertz CT molecular complexity index is 906. The number of aliphatic imine (C=N–C) groups is 2. The molecule has 2 N–H and O–H groups in total. The number of fused-ring (bicyclic) bond motifs is 1. The lowest BCUT2D eigenvalue weighted by Crippen LogP contribution is -2.49. The van der Waals surface area contributed by atoms with E-state index in [-0.39, 0.29) is 6.17 Å². The molecule has 144 valence electrons. The van der Waals surface area contributed by atoms with Crippen molar-refractivity contribution in [3.05, 3.63) is 54.5 Å². The van der Waals surface area contributed by atoms with Gasteiger partial charge in [0, 0.05) is 35.8 Å². The monoisotopic (exact) mass is 374 g/mol. The third-order valence-electron chi connectivity index (χ3n) is 6.11. The molecule has 0 bridgehead atoms. The summed E-state index contributed by atoms with van der Waals surface area (Å²) in [6, 6.07) is 12.8. The zero-order valence-electron chi connectivity index (χ0n) is 16.2. The average Bonchev–Trinajstić information content (AvgIpc) is 3.43. The number of anilines is 1. The van der Waals surface area contributed by atoms with Crippen LogP contribution >= 0.6 is 0 Å². The first-order chi connectivity index (χ1) is 13.8. The summed E-state index contributed by atoms with van der Waals surface area (Å²) in [6.07, 6.45) is 10.3. The molecule has 0 radical (unpaired) electrons. The van der Waals surface area contributed by atoms with Crippen LogP contribution < -0.4 is 5.32 Å². The Morgan fingerprint density at radius 1 is 1.11 bits per heavy atom. The minimum atomic E-state index is 0.110. The van der Waals surface area contributed by atoms with Crippen LogP contribution in [0.4, 0.5) is 5.69 Å². The molecule has 5 rings (SSSR count). The molecule has 3 heterocycles. The van der Waals surface area contributed by atoms with Crippen molar-refractivity contribution >= 4 is 22.9 Å². The van der Waals surface area contributed by atoms with Crippen molar-refractivity contribution in [3.63, 3.8) is 0 Å². The van der Waals surface area contributed by atoms with Gasteiger partial charge in [-0.1, -0.05) is 31.0 Å².